The van der Waals surface area contributed by atoms with Crippen molar-refractivity contribution < 1.29 is 33.6 Å². The number of unbranched alkanes of at least 4 members (excludes halogenated alkanes) is 8. The molecular formula is C17H36INO. The third-order valence-electron chi connectivity index (χ3n) is 4.75. The fraction of sp³-hybridized carbons (Fsp3) is 1.00. The molecule has 0 unspecified atom stereocenters. The molecule has 122 valence electrons. The van der Waals surface area contributed by atoms with Crippen LogP contribution in [0.5, 0.6) is 0 Å². The Morgan fingerprint density at radius 2 is 1.15 bits per heavy atom. The van der Waals surface area contributed by atoms with Crippen molar-refractivity contribution in [3.05, 3.63) is 0 Å². The van der Waals surface area contributed by atoms with E-state index in [1.165, 1.54) is 94.7 Å². The van der Waals surface area contributed by atoms with E-state index < -0.39 is 0 Å². The molecule has 0 bridgehead atoms. The van der Waals surface area contributed by atoms with Gasteiger partial charge in [-0.15, -0.1) is 0 Å². The van der Waals surface area contributed by atoms with E-state index in [0.717, 1.165) is 6.42 Å². The highest BCUT2D eigenvalue weighted by Crippen LogP contribution is 2.18. The van der Waals surface area contributed by atoms with E-state index in [0.29, 0.717) is 6.61 Å². The first-order chi connectivity index (χ1) is 9.27. The minimum Gasteiger partial charge on any atom is -1.00 e. The standard InChI is InChI=1S/C17H36NO.HI/c1-18(15-11-9-12-16-18)14-10-7-5-3-2-4-6-8-13-17-19;/h19H,2-17H2,1H3;1H/q+1;/p-1. The van der Waals surface area contributed by atoms with Gasteiger partial charge in [-0.3, -0.25) is 0 Å². The van der Waals surface area contributed by atoms with Crippen LogP contribution in [0.15, 0.2) is 0 Å². The van der Waals surface area contributed by atoms with Gasteiger partial charge in [0.25, 0.3) is 0 Å². The summed E-state index contributed by atoms with van der Waals surface area (Å²) in [7, 11) is 2.46. The molecule has 20 heavy (non-hydrogen) atoms. The van der Waals surface area contributed by atoms with E-state index in [1.54, 1.807) is 0 Å². The Hall–Kier alpha value is 0.650. The molecule has 1 saturated heterocycles. The molecule has 1 aliphatic heterocycles. The van der Waals surface area contributed by atoms with Gasteiger partial charge >= 0.3 is 0 Å². The number of aliphatic hydroxyl groups is 1. The molecule has 0 saturated carbocycles. The van der Waals surface area contributed by atoms with Gasteiger partial charge in [-0.2, -0.15) is 0 Å². The summed E-state index contributed by atoms with van der Waals surface area (Å²) < 4.78 is 1.35. The van der Waals surface area contributed by atoms with Crippen LogP contribution in [0.3, 0.4) is 0 Å². The molecule has 1 rings (SSSR count). The predicted octanol–water partition coefficient (Wildman–Crippen LogP) is 1.12. The van der Waals surface area contributed by atoms with Crippen LogP contribution < -0.4 is 24.0 Å². The summed E-state index contributed by atoms with van der Waals surface area (Å²) in [5.41, 5.74) is 0. The molecule has 3 heteroatoms. The van der Waals surface area contributed by atoms with Crippen molar-refractivity contribution in [1.82, 2.24) is 0 Å². The van der Waals surface area contributed by atoms with Crippen LogP contribution in [0.25, 0.3) is 0 Å². The third kappa shape index (κ3) is 10.4. The number of rotatable bonds is 11. The van der Waals surface area contributed by atoms with Crippen molar-refractivity contribution >= 4 is 0 Å². The Morgan fingerprint density at radius 1 is 0.700 bits per heavy atom. The lowest BCUT2D eigenvalue weighted by atomic mass is 10.1. The van der Waals surface area contributed by atoms with Crippen molar-refractivity contribution in [3.8, 4) is 0 Å². The second-order valence-electron chi connectivity index (χ2n) is 6.76. The summed E-state index contributed by atoms with van der Waals surface area (Å²) in [5, 5.41) is 8.69. The summed E-state index contributed by atoms with van der Waals surface area (Å²) in [5.74, 6) is 0. The van der Waals surface area contributed by atoms with Crippen molar-refractivity contribution in [2.75, 3.05) is 33.3 Å². The molecule has 0 amide bonds. The first-order valence-electron chi connectivity index (χ1n) is 8.71. The second kappa shape index (κ2) is 13.3. The van der Waals surface area contributed by atoms with Crippen molar-refractivity contribution in [2.24, 2.45) is 0 Å². The quantitative estimate of drug-likeness (QED) is 0.315. The maximum atomic E-state index is 8.69. The minimum atomic E-state index is 0. The summed E-state index contributed by atoms with van der Waals surface area (Å²) in [4.78, 5) is 0. The van der Waals surface area contributed by atoms with Gasteiger partial charge in [0.15, 0.2) is 0 Å². The zero-order valence-electron chi connectivity index (χ0n) is 13.6. The van der Waals surface area contributed by atoms with Crippen LogP contribution in [0.4, 0.5) is 0 Å². The highest BCUT2D eigenvalue weighted by molar-refractivity contribution is 4.53. The zero-order valence-corrected chi connectivity index (χ0v) is 15.7. The molecule has 2 nitrogen and oxygen atoms in total. The first kappa shape index (κ1) is 20.6. The van der Waals surface area contributed by atoms with Gasteiger partial charge in [0.2, 0.25) is 0 Å². The van der Waals surface area contributed by atoms with Gasteiger partial charge in [-0.1, -0.05) is 38.5 Å². The van der Waals surface area contributed by atoms with E-state index in [4.69, 9.17) is 5.11 Å². The Bertz CT molecular complexity index is 205. The summed E-state index contributed by atoms with van der Waals surface area (Å²) in [6, 6.07) is 0. The van der Waals surface area contributed by atoms with E-state index in [2.05, 4.69) is 7.05 Å². The zero-order chi connectivity index (χ0) is 13.8. The molecule has 0 aromatic heterocycles. The molecule has 1 N–H and O–H groups in total. The monoisotopic (exact) mass is 397 g/mol. The number of aliphatic hydroxyl groups excluding tert-OH is 1. The van der Waals surface area contributed by atoms with Crippen LogP contribution in [0.2, 0.25) is 0 Å². The molecule has 0 aliphatic carbocycles. The average Bonchev–Trinajstić information content (AvgIpc) is 2.42. The minimum absolute atomic E-state index is 0. The Balaban J connectivity index is 0.00000361. The fourth-order valence-corrected chi connectivity index (χ4v) is 3.34. The maximum absolute atomic E-state index is 8.69. The van der Waals surface area contributed by atoms with Crippen LogP contribution in [-0.2, 0) is 0 Å². The molecule has 0 aromatic rings. The Morgan fingerprint density at radius 3 is 1.65 bits per heavy atom. The number of piperidine rings is 1. The SMILES string of the molecule is C[N+]1(CCCCCCCCCCCO)CCCCC1.[I-]. The molecule has 0 spiro atoms. The van der Waals surface area contributed by atoms with E-state index in [-0.39, 0.29) is 24.0 Å². The summed E-state index contributed by atoms with van der Waals surface area (Å²) in [6.07, 6.45) is 16.4. The molecule has 1 heterocycles. The van der Waals surface area contributed by atoms with Crippen LogP contribution in [0, 0.1) is 0 Å². The fourth-order valence-electron chi connectivity index (χ4n) is 3.34. The van der Waals surface area contributed by atoms with Crippen molar-refractivity contribution in [1.29, 1.82) is 0 Å². The lowest BCUT2D eigenvalue weighted by Crippen LogP contribution is -3.00. The van der Waals surface area contributed by atoms with E-state index >= 15 is 0 Å². The third-order valence-corrected chi connectivity index (χ3v) is 4.75. The normalized spacial score (nSPS) is 17.7. The number of hydrogen-bond donors (Lipinski definition) is 1. The van der Waals surface area contributed by atoms with Gasteiger partial charge in [0, 0.05) is 6.61 Å². The van der Waals surface area contributed by atoms with Crippen molar-refractivity contribution in [2.45, 2.75) is 77.0 Å². The van der Waals surface area contributed by atoms with Crippen LogP contribution in [0.1, 0.15) is 77.0 Å². The van der Waals surface area contributed by atoms with Crippen molar-refractivity contribution in [3.63, 3.8) is 0 Å². The predicted molar refractivity (Wildman–Crippen MR) is 83.3 cm³/mol. The highest BCUT2D eigenvalue weighted by Gasteiger charge is 2.23. The number of quaternary nitrogens is 1. The number of likely N-dealkylation sites (tertiary alicyclic amines) is 1. The molecule has 0 atom stereocenters. The Kier molecular flexibility index (Phi) is 13.8. The average molecular weight is 397 g/mol. The lowest BCUT2D eigenvalue weighted by Gasteiger charge is -2.37. The van der Waals surface area contributed by atoms with Gasteiger partial charge < -0.3 is 33.6 Å². The largest absolute Gasteiger partial charge is 1.00 e. The van der Waals surface area contributed by atoms with Crippen LogP contribution >= 0.6 is 0 Å². The van der Waals surface area contributed by atoms with E-state index in [1.807, 2.05) is 0 Å². The topological polar surface area (TPSA) is 20.2 Å². The Labute approximate surface area is 143 Å². The molecule has 0 aromatic carbocycles. The van der Waals surface area contributed by atoms with E-state index in [9.17, 15) is 0 Å². The van der Waals surface area contributed by atoms with Crippen LogP contribution in [-0.4, -0.2) is 42.9 Å². The van der Waals surface area contributed by atoms with Gasteiger partial charge in [-0.25, -0.2) is 0 Å². The molecule has 0 radical (unpaired) electrons. The van der Waals surface area contributed by atoms with Gasteiger partial charge in [-0.05, 0) is 38.5 Å². The highest BCUT2D eigenvalue weighted by atomic mass is 127. The van der Waals surface area contributed by atoms with Gasteiger partial charge in [0.1, 0.15) is 0 Å². The first-order valence-corrected chi connectivity index (χ1v) is 8.71. The van der Waals surface area contributed by atoms with Gasteiger partial charge in [0.05, 0.1) is 26.7 Å². The second-order valence-corrected chi connectivity index (χ2v) is 6.76. The molecule has 1 fully saturated rings. The summed E-state index contributed by atoms with van der Waals surface area (Å²) in [6.45, 7) is 4.63. The molecular weight excluding hydrogens is 361 g/mol. The number of nitrogens with zero attached hydrogens (tertiary/aromatic N) is 1. The maximum Gasteiger partial charge on any atom is 0.0784 e. The number of hydrogen-bond acceptors (Lipinski definition) is 1. The number of halogens is 1. The lowest BCUT2D eigenvalue weighted by molar-refractivity contribution is -0.914. The summed E-state index contributed by atoms with van der Waals surface area (Å²) >= 11 is 0. The smallest absolute Gasteiger partial charge is 0.0784 e. The molecule has 1 aliphatic rings.